The van der Waals surface area contributed by atoms with Gasteiger partial charge < -0.3 is 5.32 Å². The minimum absolute atomic E-state index is 0.0478. The lowest BCUT2D eigenvalue weighted by atomic mass is 10.2. The first kappa shape index (κ1) is 18.7. The van der Waals surface area contributed by atoms with Crippen molar-refractivity contribution in [3.63, 3.8) is 0 Å². The van der Waals surface area contributed by atoms with Crippen molar-refractivity contribution in [2.75, 3.05) is 12.8 Å². The molecule has 0 saturated carbocycles. The van der Waals surface area contributed by atoms with Crippen molar-refractivity contribution in [1.82, 2.24) is 25.4 Å². The Labute approximate surface area is 161 Å². The van der Waals surface area contributed by atoms with Gasteiger partial charge in [0.2, 0.25) is 5.91 Å². The number of benzene rings is 2. The van der Waals surface area contributed by atoms with E-state index in [-0.39, 0.29) is 5.75 Å². The maximum atomic E-state index is 11.9. The number of aromatic nitrogens is 3. The SMILES string of the molecule is CNC(=O)NC(=O)CSc1nnc(-c2ccccc2)n1-c1ccc(C)cc1. The van der Waals surface area contributed by atoms with Crippen LogP contribution < -0.4 is 10.6 Å². The Morgan fingerprint density at radius 1 is 1.04 bits per heavy atom. The van der Waals surface area contributed by atoms with Gasteiger partial charge in [-0.1, -0.05) is 59.8 Å². The van der Waals surface area contributed by atoms with Gasteiger partial charge in [0, 0.05) is 18.3 Å². The van der Waals surface area contributed by atoms with Gasteiger partial charge in [0.25, 0.3) is 0 Å². The first-order valence-corrected chi connectivity index (χ1v) is 9.29. The van der Waals surface area contributed by atoms with Crippen LogP contribution in [0, 0.1) is 6.92 Å². The Morgan fingerprint density at radius 2 is 1.74 bits per heavy atom. The maximum absolute atomic E-state index is 11.9. The van der Waals surface area contributed by atoms with E-state index in [1.165, 1.54) is 18.8 Å². The van der Waals surface area contributed by atoms with Crippen LogP contribution in [0.2, 0.25) is 0 Å². The summed E-state index contributed by atoms with van der Waals surface area (Å²) < 4.78 is 1.91. The quantitative estimate of drug-likeness (QED) is 0.664. The van der Waals surface area contributed by atoms with E-state index < -0.39 is 11.9 Å². The lowest BCUT2D eigenvalue weighted by Gasteiger charge is -2.10. The first-order chi connectivity index (χ1) is 13.1. The van der Waals surface area contributed by atoms with Gasteiger partial charge in [-0.3, -0.25) is 14.7 Å². The molecule has 0 unspecified atom stereocenters. The molecule has 0 fully saturated rings. The third-order valence-corrected chi connectivity index (χ3v) is 4.70. The zero-order valence-corrected chi connectivity index (χ0v) is 15.8. The second kappa shape index (κ2) is 8.50. The smallest absolute Gasteiger partial charge is 0.321 e. The van der Waals surface area contributed by atoms with E-state index in [1.54, 1.807) is 0 Å². The van der Waals surface area contributed by atoms with Crippen molar-refractivity contribution in [3.05, 3.63) is 60.2 Å². The van der Waals surface area contributed by atoms with Crippen LogP contribution in [0.4, 0.5) is 4.79 Å². The average molecular weight is 381 g/mol. The second-order valence-corrected chi connectivity index (χ2v) is 6.70. The fraction of sp³-hybridized carbons (Fsp3) is 0.158. The highest BCUT2D eigenvalue weighted by Crippen LogP contribution is 2.27. The van der Waals surface area contributed by atoms with Gasteiger partial charge >= 0.3 is 6.03 Å². The molecule has 138 valence electrons. The largest absolute Gasteiger partial charge is 0.341 e. The van der Waals surface area contributed by atoms with E-state index >= 15 is 0 Å². The molecule has 3 rings (SSSR count). The average Bonchev–Trinajstić information content (AvgIpc) is 3.11. The third-order valence-electron chi connectivity index (χ3n) is 3.77. The zero-order valence-electron chi connectivity index (χ0n) is 15.0. The summed E-state index contributed by atoms with van der Waals surface area (Å²) in [5.41, 5.74) is 2.97. The Balaban J connectivity index is 1.92. The van der Waals surface area contributed by atoms with Crippen LogP contribution in [0.1, 0.15) is 5.56 Å². The molecule has 7 nitrogen and oxygen atoms in total. The Morgan fingerprint density at radius 3 is 2.41 bits per heavy atom. The van der Waals surface area contributed by atoms with Crippen LogP contribution in [0.3, 0.4) is 0 Å². The molecule has 3 aromatic rings. The van der Waals surface area contributed by atoms with E-state index in [2.05, 4.69) is 20.8 Å². The van der Waals surface area contributed by atoms with Crippen LogP contribution in [-0.4, -0.2) is 39.5 Å². The molecule has 1 heterocycles. The molecule has 0 saturated heterocycles. The molecule has 0 aliphatic carbocycles. The number of urea groups is 1. The molecule has 0 bridgehead atoms. The van der Waals surface area contributed by atoms with Gasteiger partial charge in [-0.25, -0.2) is 4.79 Å². The molecule has 0 spiro atoms. The number of hydrogen-bond acceptors (Lipinski definition) is 5. The van der Waals surface area contributed by atoms with Crippen LogP contribution in [-0.2, 0) is 4.79 Å². The number of rotatable bonds is 5. The standard InChI is InChI=1S/C19H19N5O2S/c1-13-8-10-15(11-9-13)24-17(14-6-4-3-5-7-14)22-23-19(24)27-12-16(25)21-18(26)20-2/h3-11H,12H2,1-2H3,(H2,20,21,25,26). The lowest BCUT2D eigenvalue weighted by Crippen LogP contribution is -2.38. The monoisotopic (exact) mass is 381 g/mol. The van der Waals surface area contributed by atoms with Crippen LogP contribution >= 0.6 is 11.8 Å². The van der Waals surface area contributed by atoms with Crippen LogP contribution in [0.15, 0.2) is 59.8 Å². The number of carbonyl (C=O) groups excluding carboxylic acids is 2. The highest BCUT2D eigenvalue weighted by Gasteiger charge is 2.17. The molecule has 0 radical (unpaired) electrons. The number of amides is 3. The number of thioether (sulfide) groups is 1. The molecular weight excluding hydrogens is 362 g/mol. The summed E-state index contributed by atoms with van der Waals surface area (Å²) in [5, 5.41) is 13.7. The second-order valence-electron chi connectivity index (χ2n) is 5.76. The summed E-state index contributed by atoms with van der Waals surface area (Å²) in [6.07, 6.45) is 0. The van der Waals surface area contributed by atoms with E-state index in [0.717, 1.165) is 16.8 Å². The maximum Gasteiger partial charge on any atom is 0.321 e. The van der Waals surface area contributed by atoms with Gasteiger partial charge in [-0.2, -0.15) is 0 Å². The molecule has 0 atom stereocenters. The summed E-state index contributed by atoms with van der Waals surface area (Å²) in [7, 11) is 1.45. The molecule has 3 amide bonds. The topological polar surface area (TPSA) is 88.9 Å². The summed E-state index contributed by atoms with van der Waals surface area (Å²) in [6, 6.07) is 17.2. The number of aryl methyl sites for hydroxylation is 1. The Bertz CT molecular complexity index is 938. The highest BCUT2D eigenvalue weighted by molar-refractivity contribution is 7.99. The van der Waals surface area contributed by atoms with Crippen molar-refractivity contribution in [3.8, 4) is 17.1 Å². The predicted octanol–water partition coefficient (Wildman–Crippen LogP) is 2.79. The molecule has 2 aromatic carbocycles. The van der Waals surface area contributed by atoms with Crippen LogP contribution in [0.25, 0.3) is 17.1 Å². The fourth-order valence-corrected chi connectivity index (χ4v) is 3.17. The summed E-state index contributed by atoms with van der Waals surface area (Å²) in [6.45, 7) is 2.02. The third kappa shape index (κ3) is 4.53. The molecule has 0 aliphatic heterocycles. The molecule has 0 aliphatic rings. The minimum atomic E-state index is -0.537. The van der Waals surface area contributed by atoms with Crippen molar-refractivity contribution in [2.24, 2.45) is 0 Å². The van der Waals surface area contributed by atoms with Crippen molar-refractivity contribution >= 4 is 23.7 Å². The molecule has 8 heteroatoms. The zero-order chi connectivity index (χ0) is 19.2. The number of nitrogens with one attached hydrogen (secondary N) is 2. The van der Waals surface area contributed by atoms with E-state index in [9.17, 15) is 9.59 Å². The van der Waals surface area contributed by atoms with Gasteiger partial charge in [0.15, 0.2) is 11.0 Å². The molecule has 1 aromatic heterocycles. The predicted molar refractivity (Wildman–Crippen MR) is 105 cm³/mol. The number of carbonyl (C=O) groups is 2. The van der Waals surface area contributed by atoms with Gasteiger partial charge in [0.05, 0.1) is 5.75 Å². The summed E-state index contributed by atoms with van der Waals surface area (Å²) in [4.78, 5) is 23.2. The Hall–Kier alpha value is -3.13. The lowest BCUT2D eigenvalue weighted by molar-refractivity contribution is -0.117. The van der Waals surface area contributed by atoms with Gasteiger partial charge in [-0.05, 0) is 19.1 Å². The summed E-state index contributed by atoms with van der Waals surface area (Å²) in [5.74, 6) is 0.333. The van der Waals surface area contributed by atoms with E-state index in [0.29, 0.717) is 11.0 Å². The molecular formula is C19H19N5O2S. The van der Waals surface area contributed by atoms with E-state index in [4.69, 9.17) is 0 Å². The molecule has 2 N–H and O–H groups in total. The summed E-state index contributed by atoms with van der Waals surface area (Å²) >= 11 is 1.22. The number of nitrogens with zero attached hydrogens (tertiary/aromatic N) is 3. The normalized spacial score (nSPS) is 10.4. The van der Waals surface area contributed by atoms with Gasteiger partial charge in [-0.15, -0.1) is 10.2 Å². The van der Waals surface area contributed by atoms with E-state index in [1.807, 2.05) is 66.1 Å². The first-order valence-electron chi connectivity index (χ1n) is 8.30. The van der Waals surface area contributed by atoms with Crippen molar-refractivity contribution in [2.45, 2.75) is 12.1 Å². The van der Waals surface area contributed by atoms with Gasteiger partial charge in [0.1, 0.15) is 0 Å². The minimum Gasteiger partial charge on any atom is -0.341 e. The molecule has 27 heavy (non-hydrogen) atoms. The number of hydrogen-bond donors (Lipinski definition) is 2. The fourth-order valence-electron chi connectivity index (χ4n) is 2.42. The highest BCUT2D eigenvalue weighted by atomic mass is 32.2. The number of imide groups is 1. The van der Waals surface area contributed by atoms with Crippen LogP contribution in [0.5, 0.6) is 0 Å². The van der Waals surface area contributed by atoms with Crippen molar-refractivity contribution in [1.29, 1.82) is 0 Å². The van der Waals surface area contributed by atoms with Crippen molar-refractivity contribution < 1.29 is 9.59 Å². The Kier molecular flexibility index (Phi) is 5.87.